The van der Waals surface area contributed by atoms with E-state index in [1.54, 1.807) is 0 Å². The zero-order chi connectivity index (χ0) is 16.5. The molecule has 21 heavy (non-hydrogen) atoms. The van der Waals surface area contributed by atoms with E-state index in [2.05, 4.69) is 0 Å². The molecule has 120 valence electrons. The number of anilines is 1. The molecule has 1 aromatic carbocycles. The molecule has 0 radical (unpaired) electrons. The number of nitrogens with one attached hydrogen (secondary N) is 1. The third-order valence-electron chi connectivity index (χ3n) is 2.11. The fourth-order valence-corrected chi connectivity index (χ4v) is 5.11. The van der Waals surface area contributed by atoms with Crippen LogP contribution in [-0.2, 0) is 29.9 Å². The summed E-state index contributed by atoms with van der Waals surface area (Å²) in [6, 6.07) is 3.26. The van der Waals surface area contributed by atoms with Crippen molar-refractivity contribution in [3.63, 3.8) is 0 Å². The van der Waals surface area contributed by atoms with Crippen LogP contribution in [0.25, 0.3) is 0 Å². The molecule has 0 saturated heterocycles. The Bertz CT molecular complexity index is 841. The number of hydrogen-bond acceptors (Lipinski definition) is 7. The van der Waals surface area contributed by atoms with Crippen LogP contribution in [0.3, 0.4) is 0 Å². The van der Waals surface area contributed by atoms with Crippen molar-refractivity contribution in [2.75, 3.05) is 23.2 Å². The van der Waals surface area contributed by atoms with Gasteiger partial charge in [0.1, 0.15) is 10.6 Å². The van der Waals surface area contributed by atoms with Gasteiger partial charge in [-0.15, -0.1) is 0 Å². The summed E-state index contributed by atoms with van der Waals surface area (Å²) < 4.78 is 74.6. The average molecular weight is 358 g/mol. The van der Waals surface area contributed by atoms with Gasteiger partial charge in [0.2, 0.25) is 20.0 Å². The molecule has 0 spiro atoms. The number of rotatable bonds is 6. The van der Waals surface area contributed by atoms with Crippen molar-refractivity contribution in [1.29, 1.82) is 0 Å². The largest absolute Gasteiger partial charge is 0.495 e. The molecule has 9 nitrogen and oxygen atoms in total. The van der Waals surface area contributed by atoms with Gasteiger partial charge >= 0.3 is 0 Å². The van der Waals surface area contributed by atoms with Crippen molar-refractivity contribution in [3.05, 3.63) is 18.2 Å². The van der Waals surface area contributed by atoms with Crippen molar-refractivity contribution < 1.29 is 30.0 Å². The van der Waals surface area contributed by atoms with Crippen LogP contribution in [0, 0.1) is 0 Å². The average Bonchev–Trinajstić information content (AvgIpc) is 2.22. The van der Waals surface area contributed by atoms with E-state index in [-0.39, 0.29) is 16.3 Å². The highest BCUT2D eigenvalue weighted by Crippen LogP contribution is 2.26. The fraction of sp³-hybridized carbons (Fsp3) is 0.333. The quantitative estimate of drug-likeness (QED) is 0.668. The summed E-state index contributed by atoms with van der Waals surface area (Å²) in [6.07, 6.45) is 0.775. The van der Waals surface area contributed by atoms with E-state index in [1.165, 1.54) is 7.11 Å². The maximum absolute atomic E-state index is 11.6. The van der Waals surface area contributed by atoms with Gasteiger partial charge < -0.3 is 4.74 Å². The van der Waals surface area contributed by atoms with Crippen LogP contribution in [0.4, 0.5) is 5.69 Å². The molecule has 0 saturated carbocycles. The second kappa shape index (κ2) is 5.79. The minimum atomic E-state index is -4.14. The van der Waals surface area contributed by atoms with E-state index in [0.717, 1.165) is 24.5 Å². The summed E-state index contributed by atoms with van der Waals surface area (Å²) in [5.74, 6) is -0.169. The summed E-state index contributed by atoms with van der Waals surface area (Å²) in [7, 11) is -10.7. The highest BCUT2D eigenvalue weighted by atomic mass is 32.3. The lowest BCUT2D eigenvalue weighted by atomic mass is 10.3. The number of benzene rings is 1. The maximum Gasteiger partial charge on any atom is 0.247 e. The van der Waals surface area contributed by atoms with Gasteiger partial charge in [0, 0.05) is 12.3 Å². The molecule has 0 bridgehead atoms. The molecule has 0 heterocycles. The van der Waals surface area contributed by atoms with Crippen LogP contribution in [0.1, 0.15) is 0 Å². The molecule has 0 amide bonds. The Kier molecular flexibility index (Phi) is 4.87. The molecule has 0 aliphatic heterocycles. The predicted molar refractivity (Wildman–Crippen MR) is 76.6 cm³/mol. The number of sulfonamides is 2. The van der Waals surface area contributed by atoms with E-state index in [0.29, 0.717) is 0 Å². The van der Waals surface area contributed by atoms with Gasteiger partial charge in [-0.3, -0.25) is 4.72 Å². The van der Waals surface area contributed by atoms with Crippen LogP contribution in [0.5, 0.6) is 5.75 Å². The minimum absolute atomic E-state index is 0.0529. The van der Waals surface area contributed by atoms with Crippen LogP contribution in [0.2, 0.25) is 0 Å². The summed E-state index contributed by atoms with van der Waals surface area (Å²) >= 11 is 0. The van der Waals surface area contributed by atoms with Crippen LogP contribution in [0.15, 0.2) is 23.1 Å². The molecule has 0 aromatic heterocycles. The minimum Gasteiger partial charge on any atom is -0.495 e. The Morgan fingerprint density at radius 2 is 1.71 bits per heavy atom. The topological polar surface area (TPSA) is 150 Å². The van der Waals surface area contributed by atoms with Crippen LogP contribution in [-0.4, -0.2) is 43.7 Å². The van der Waals surface area contributed by atoms with Gasteiger partial charge in [-0.05, 0) is 12.1 Å². The van der Waals surface area contributed by atoms with Crippen LogP contribution >= 0.6 is 0 Å². The Balaban J connectivity index is 3.18. The summed E-state index contributed by atoms with van der Waals surface area (Å²) in [5, 5.41) is 3.87. The van der Waals surface area contributed by atoms with Gasteiger partial charge in [0.15, 0.2) is 14.9 Å². The first kappa shape index (κ1) is 17.7. The van der Waals surface area contributed by atoms with Gasteiger partial charge in [-0.1, -0.05) is 0 Å². The van der Waals surface area contributed by atoms with E-state index < -0.39 is 35.0 Å². The molecule has 0 aliphatic carbocycles. The second-order valence-electron chi connectivity index (χ2n) is 4.17. The second-order valence-corrected chi connectivity index (χ2v) is 9.93. The number of ether oxygens (including phenoxy) is 1. The van der Waals surface area contributed by atoms with Crippen molar-refractivity contribution >= 4 is 35.6 Å². The summed E-state index contributed by atoms with van der Waals surface area (Å²) in [5.41, 5.74) is -0.0529. The number of nitrogens with two attached hydrogens (primary N) is 1. The van der Waals surface area contributed by atoms with E-state index in [9.17, 15) is 25.3 Å². The Morgan fingerprint density at radius 1 is 1.14 bits per heavy atom. The number of primary sulfonamides is 1. The zero-order valence-corrected chi connectivity index (χ0v) is 13.5. The predicted octanol–water partition coefficient (Wildman–Crippen LogP) is -0.914. The highest BCUT2D eigenvalue weighted by molar-refractivity contribution is 8.08. The van der Waals surface area contributed by atoms with E-state index in [1.807, 2.05) is 4.72 Å². The molecule has 0 aliphatic rings. The molecule has 1 aromatic rings. The van der Waals surface area contributed by atoms with Crippen molar-refractivity contribution in [2.45, 2.75) is 4.90 Å². The third kappa shape index (κ3) is 5.49. The van der Waals surface area contributed by atoms with Gasteiger partial charge in [-0.25, -0.2) is 30.4 Å². The van der Waals surface area contributed by atoms with Crippen molar-refractivity contribution in [2.24, 2.45) is 5.14 Å². The van der Waals surface area contributed by atoms with Crippen molar-refractivity contribution in [1.82, 2.24) is 0 Å². The highest BCUT2D eigenvalue weighted by Gasteiger charge is 2.20. The van der Waals surface area contributed by atoms with Gasteiger partial charge in [0.05, 0.1) is 12.8 Å². The summed E-state index contributed by atoms with van der Waals surface area (Å²) in [4.78, 5) is -0.323. The first-order valence-electron chi connectivity index (χ1n) is 5.23. The lowest BCUT2D eigenvalue weighted by Gasteiger charge is -2.11. The molecular formula is C9H14N2O7S3. The number of sulfone groups is 1. The SMILES string of the molecule is COc1cc(NS(=O)(=O)CS(C)(=O)=O)ccc1S(N)(=O)=O. The standard InChI is InChI=1S/C9H14N2O7S3/c1-18-8-5-7(3-4-9(8)21(10,16)17)11-20(14,15)6-19(2,12)13/h3-5,11H,6H2,1-2H3,(H2,10,16,17). The van der Waals surface area contributed by atoms with Crippen molar-refractivity contribution in [3.8, 4) is 5.75 Å². The summed E-state index contributed by atoms with van der Waals surface area (Å²) in [6.45, 7) is 0. The Hall–Kier alpha value is -1.37. The van der Waals surface area contributed by atoms with Gasteiger partial charge in [-0.2, -0.15) is 0 Å². The first-order chi connectivity index (χ1) is 9.34. The van der Waals surface area contributed by atoms with Crippen LogP contribution < -0.4 is 14.6 Å². The number of hydrogen-bond donors (Lipinski definition) is 2. The Labute approximate surface area is 123 Å². The maximum atomic E-state index is 11.6. The Morgan fingerprint density at radius 3 is 2.14 bits per heavy atom. The smallest absolute Gasteiger partial charge is 0.247 e. The molecular weight excluding hydrogens is 344 g/mol. The lowest BCUT2D eigenvalue weighted by molar-refractivity contribution is 0.403. The number of methoxy groups -OCH3 is 1. The molecule has 12 heteroatoms. The van der Waals surface area contributed by atoms with E-state index in [4.69, 9.17) is 9.88 Å². The zero-order valence-electron chi connectivity index (χ0n) is 11.1. The first-order valence-corrected chi connectivity index (χ1v) is 10.5. The molecule has 0 fully saturated rings. The fourth-order valence-electron chi connectivity index (χ4n) is 1.46. The monoisotopic (exact) mass is 358 g/mol. The molecule has 0 unspecified atom stereocenters. The molecule has 1 rings (SSSR count). The van der Waals surface area contributed by atoms with E-state index >= 15 is 0 Å². The van der Waals surface area contributed by atoms with Gasteiger partial charge in [0.25, 0.3) is 0 Å². The molecule has 3 N–H and O–H groups in total. The third-order valence-corrected chi connectivity index (χ3v) is 6.56. The molecule has 0 atom stereocenters. The lowest BCUT2D eigenvalue weighted by Crippen LogP contribution is -2.22. The normalized spacial score (nSPS) is 12.9.